The van der Waals surface area contributed by atoms with Gasteiger partial charge in [0.05, 0.1) is 6.10 Å². The zero-order chi connectivity index (χ0) is 17.1. The van der Waals surface area contributed by atoms with Gasteiger partial charge in [0.25, 0.3) is 0 Å². The van der Waals surface area contributed by atoms with Crippen LogP contribution in [0.15, 0.2) is 12.1 Å². The lowest BCUT2D eigenvalue weighted by Crippen LogP contribution is -2.47. The third kappa shape index (κ3) is 4.41. The normalized spacial score (nSPS) is 23.8. The minimum Gasteiger partial charge on any atom is -0.378 e. The smallest absolute Gasteiger partial charge is 0.315 e. The van der Waals surface area contributed by atoms with Crippen molar-refractivity contribution in [3.63, 3.8) is 0 Å². The third-order valence-electron chi connectivity index (χ3n) is 4.54. The first-order valence-electron chi connectivity index (χ1n) is 8.32. The maximum atomic E-state index is 13.1. The molecular weight excluding hydrogens is 321 g/mol. The highest BCUT2D eigenvalue weighted by molar-refractivity contribution is 5.74. The number of hydrogen-bond donors (Lipinski definition) is 2. The Hall–Kier alpha value is -1.76. The van der Waals surface area contributed by atoms with Gasteiger partial charge in [0.2, 0.25) is 0 Å². The zero-order valence-electron chi connectivity index (χ0n) is 13.3. The summed E-state index contributed by atoms with van der Waals surface area (Å²) in [6.45, 7) is 0.867. The molecule has 0 bridgehead atoms. The molecular formula is C17H21F3N2O2. The van der Waals surface area contributed by atoms with Crippen LogP contribution < -0.4 is 10.6 Å². The Balaban J connectivity index is 1.41. The molecule has 1 aromatic rings. The highest BCUT2D eigenvalue weighted by Gasteiger charge is 2.36. The summed E-state index contributed by atoms with van der Waals surface area (Å²) in [5.74, 6) is -3.28. The van der Waals surface area contributed by atoms with Crippen LogP contribution in [0.3, 0.4) is 0 Å². The molecule has 4 nitrogen and oxygen atoms in total. The number of carbonyl (C=O) groups is 1. The van der Waals surface area contributed by atoms with Crippen LogP contribution in [0.5, 0.6) is 0 Å². The number of amides is 2. The maximum Gasteiger partial charge on any atom is 0.315 e. The summed E-state index contributed by atoms with van der Waals surface area (Å²) in [6.07, 6.45) is 4.48. The summed E-state index contributed by atoms with van der Waals surface area (Å²) in [7, 11) is 0. The summed E-state index contributed by atoms with van der Waals surface area (Å²) in [6, 6.07) is 1.66. The summed E-state index contributed by atoms with van der Waals surface area (Å²) >= 11 is 0. The van der Waals surface area contributed by atoms with E-state index < -0.39 is 17.5 Å². The standard InChI is InChI=1S/C17H21F3N2O2/c18-13-7-10(8-14(19)16(13)20)3-5-21-17(23)22-12-4-6-24-15(9-12)11-1-2-11/h7-8,11-12,15H,1-6,9H2,(H2,21,22,23). The maximum absolute atomic E-state index is 13.1. The van der Waals surface area contributed by atoms with Gasteiger partial charge in [-0.05, 0) is 55.7 Å². The lowest BCUT2D eigenvalue weighted by molar-refractivity contribution is -0.00913. The quantitative estimate of drug-likeness (QED) is 0.809. The van der Waals surface area contributed by atoms with Crippen LogP contribution in [0.4, 0.5) is 18.0 Å². The molecule has 0 aromatic heterocycles. The lowest BCUT2D eigenvalue weighted by Gasteiger charge is -2.30. The van der Waals surface area contributed by atoms with Crippen molar-refractivity contribution in [2.45, 2.75) is 44.2 Å². The molecule has 1 aliphatic heterocycles. The highest BCUT2D eigenvalue weighted by atomic mass is 19.2. The highest BCUT2D eigenvalue weighted by Crippen LogP contribution is 2.38. The summed E-state index contributed by atoms with van der Waals surface area (Å²) < 4.78 is 44.8. The Labute approximate surface area is 138 Å². The molecule has 3 rings (SSSR count). The summed E-state index contributed by atoms with van der Waals surface area (Å²) in [5.41, 5.74) is 0.298. The van der Waals surface area contributed by atoms with E-state index in [-0.39, 0.29) is 31.1 Å². The summed E-state index contributed by atoms with van der Waals surface area (Å²) in [4.78, 5) is 11.9. The fraction of sp³-hybridized carbons (Fsp3) is 0.588. The van der Waals surface area contributed by atoms with Gasteiger partial charge in [-0.1, -0.05) is 0 Å². The molecule has 1 saturated carbocycles. The second-order valence-corrected chi connectivity index (χ2v) is 6.49. The molecule has 24 heavy (non-hydrogen) atoms. The van der Waals surface area contributed by atoms with Gasteiger partial charge in [-0.3, -0.25) is 0 Å². The number of carbonyl (C=O) groups excluding carboxylic acids is 1. The SMILES string of the molecule is O=C(NCCc1cc(F)c(F)c(F)c1)NC1CCOC(C2CC2)C1. The second-order valence-electron chi connectivity index (χ2n) is 6.49. The average Bonchev–Trinajstić information content (AvgIpc) is 3.37. The average molecular weight is 342 g/mol. The van der Waals surface area contributed by atoms with Crippen molar-refractivity contribution in [3.8, 4) is 0 Å². The van der Waals surface area contributed by atoms with Crippen molar-refractivity contribution >= 4 is 6.03 Å². The van der Waals surface area contributed by atoms with Crippen molar-refractivity contribution in [1.29, 1.82) is 0 Å². The van der Waals surface area contributed by atoms with E-state index in [0.717, 1.165) is 25.0 Å². The fourth-order valence-electron chi connectivity index (χ4n) is 3.06. The molecule has 1 aromatic carbocycles. The number of ether oxygens (including phenoxy) is 1. The second kappa shape index (κ2) is 7.42. The lowest BCUT2D eigenvalue weighted by atomic mass is 10.0. The van der Waals surface area contributed by atoms with Gasteiger partial charge >= 0.3 is 6.03 Å². The van der Waals surface area contributed by atoms with Gasteiger partial charge in [0, 0.05) is 19.2 Å². The molecule has 1 saturated heterocycles. The molecule has 2 atom stereocenters. The van der Waals surface area contributed by atoms with Gasteiger partial charge in [-0.15, -0.1) is 0 Å². The first-order valence-corrected chi connectivity index (χ1v) is 8.32. The minimum absolute atomic E-state index is 0.0880. The Morgan fingerprint density at radius 3 is 2.54 bits per heavy atom. The number of nitrogens with one attached hydrogen (secondary N) is 2. The van der Waals surface area contributed by atoms with Gasteiger partial charge < -0.3 is 15.4 Å². The molecule has 0 radical (unpaired) electrons. The van der Waals surface area contributed by atoms with Gasteiger partial charge in [0.15, 0.2) is 17.5 Å². The van der Waals surface area contributed by atoms with Crippen molar-refractivity contribution in [3.05, 3.63) is 35.1 Å². The van der Waals surface area contributed by atoms with E-state index in [9.17, 15) is 18.0 Å². The molecule has 0 spiro atoms. The molecule has 132 valence electrons. The van der Waals surface area contributed by atoms with Crippen LogP contribution in [0.1, 0.15) is 31.2 Å². The van der Waals surface area contributed by atoms with Crippen LogP contribution in [0, 0.1) is 23.4 Å². The van der Waals surface area contributed by atoms with Gasteiger partial charge in [-0.2, -0.15) is 0 Å². The molecule has 2 unspecified atom stereocenters. The van der Waals surface area contributed by atoms with E-state index >= 15 is 0 Å². The summed E-state index contributed by atoms with van der Waals surface area (Å²) in [5, 5.41) is 5.57. The van der Waals surface area contributed by atoms with Crippen molar-refractivity contribution in [2.24, 2.45) is 5.92 Å². The molecule has 2 aliphatic rings. The molecule has 2 N–H and O–H groups in total. The van der Waals surface area contributed by atoms with E-state index in [1.807, 2.05) is 0 Å². The molecule has 2 amide bonds. The number of halogens is 3. The van der Waals surface area contributed by atoms with E-state index in [2.05, 4.69) is 10.6 Å². The van der Waals surface area contributed by atoms with E-state index in [1.165, 1.54) is 12.8 Å². The number of hydrogen-bond acceptors (Lipinski definition) is 2. The molecule has 2 fully saturated rings. The van der Waals surface area contributed by atoms with Crippen molar-refractivity contribution in [1.82, 2.24) is 10.6 Å². The van der Waals surface area contributed by atoms with Gasteiger partial charge in [-0.25, -0.2) is 18.0 Å². The van der Waals surface area contributed by atoms with Crippen molar-refractivity contribution in [2.75, 3.05) is 13.2 Å². The number of rotatable bonds is 5. The minimum atomic E-state index is -1.48. The van der Waals surface area contributed by atoms with Crippen molar-refractivity contribution < 1.29 is 22.7 Å². The number of benzene rings is 1. The van der Waals surface area contributed by atoms with Crippen LogP contribution in [0.25, 0.3) is 0 Å². The Bertz CT molecular complexity index is 584. The number of urea groups is 1. The monoisotopic (exact) mass is 342 g/mol. The van der Waals surface area contributed by atoms with Crippen LogP contribution in [-0.4, -0.2) is 31.3 Å². The molecule has 1 heterocycles. The van der Waals surface area contributed by atoms with E-state index in [0.29, 0.717) is 18.1 Å². The molecule has 7 heteroatoms. The first kappa shape index (κ1) is 17.1. The van der Waals surface area contributed by atoms with Crippen LogP contribution >= 0.6 is 0 Å². The Kier molecular flexibility index (Phi) is 5.28. The Morgan fingerprint density at radius 2 is 1.88 bits per heavy atom. The van der Waals surface area contributed by atoms with Crippen LogP contribution in [0.2, 0.25) is 0 Å². The topological polar surface area (TPSA) is 50.4 Å². The van der Waals surface area contributed by atoms with E-state index in [1.54, 1.807) is 0 Å². The van der Waals surface area contributed by atoms with E-state index in [4.69, 9.17) is 4.74 Å². The first-order chi connectivity index (χ1) is 11.5. The van der Waals surface area contributed by atoms with Crippen LogP contribution in [-0.2, 0) is 11.2 Å². The Morgan fingerprint density at radius 1 is 1.17 bits per heavy atom. The molecule has 1 aliphatic carbocycles. The third-order valence-corrected chi connectivity index (χ3v) is 4.54. The van der Waals surface area contributed by atoms with Gasteiger partial charge in [0.1, 0.15) is 0 Å². The largest absolute Gasteiger partial charge is 0.378 e. The predicted molar refractivity (Wildman–Crippen MR) is 82.0 cm³/mol. The fourth-order valence-corrected chi connectivity index (χ4v) is 3.06. The zero-order valence-corrected chi connectivity index (χ0v) is 13.3. The predicted octanol–water partition coefficient (Wildman–Crippen LogP) is 2.90.